The number of nitrogens with zero attached hydrogens (tertiary/aromatic N) is 1. The third-order valence-corrected chi connectivity index (χ3v) is 3.32. The molecule has 0 atom stereocenters. The number of thioether (sulfide) groups is 1. The van der Waals surface area contributed by atoms with Crippen LogP contribution in [0.2, 0.25) is 0 Å². The van der Waals surface area contributed by atoms with E-state index < -0.39 is 57.4 Å². The first-order valence-electron chi connectivity index (χ1n) is 6.03. The number of nitriles is 1. The Hall–Kier alpha value is -1.89. The third kappa shape index (κ3) is 5.67. The lowest BCUT2D eigenvalue weighted by Crippen LogP contribution is -2.13. The van der Waals surface area contributed by atoms with Gasteiger partial charge in [0.05, 0.1) is 30.2 Å². The average molecular weight is 357 g/mol. The van der Waals surface area contributed by atoms with Gasteiger partial charge in [0.15, 0.2) is 0 Å². The van der Waals surface area contributed by atoms with Crippen molar-refractivity contribution in [3.05, 3.63) is 28.8 Å². The van der Waals surface area contributed by atoms with Crippen molar-refractivity contribution in [3.63, 3.8) is 0 Å². The molecule has 126 valence electrons. The molecule has 10 heteroatoms. The summed E-state index contributed by atoms with van der Waals surface area (Å²) < 4.78 is 80.4. The second kappa shape index (κ2) is 7.12. The SMILES string of the molecule is CCOC(=O)Cc1c(C#N)cc(C(F)(F)F)cc1SC(F)(F)F. The molecule has 0 aliphatic carbocycles. The van der Waals surface area contributed by atoms with Gasteiger partial charge in [0.2, 0.25) is 0 Å². The Morgan fingerprint density at radius 2 is 1.87 bits per heavy atom. The number of rotatable bonds is 4. The monoisotopic (exact) mass is 357 g/mol. The van der Waals surface area contributed by atoms with Crippen LogP contribution in [-0.2, 0) is 22.1 Å². The Morgan fingerprint density at radius 1 is 1.26 bits per heavy atom. The summed E-state index contributed by atoms with van der Waals surface area (Å²) in [5.41, 5.74) is -7.37. The van der Waals surface area contributed by atoms with E-state index in [0.29, 0.717) is 6.07 Å². The number of hydrogen-bond donors (Lipinski definition) is 0. The maximum absolute atomic E-state index is 12.7. The first kappa shape index (κ1) is 19.2. The zero-order valence-corrected chi connectivity index (χ0v) is 12.3. The number of ether oxygens (including phenoxy) is 1. The van der Waals surface area contributed by atoms with E-state index in [2.05, 4.69) is 4.74 Å². The van der Waals surface area contributed by atoms with E-state index in [4.69, 9.17) is 5.26 Å². The van der Waals surface area contributed by atoms with Crippen molar-refractivity contribution < 1.29 is 35.9 Å². The topological polar surface area (TPSA) is 50.1 Å². The molecule has 0 saturated heterocycles. The molecule has 0 bridgehead atoms. The summed E-state index contributed by atoms with van der Waals surface area (Å²) in [5, 5.41) is 8.91. The van der Waals surface area contributed by atoms with Crippen molar-refractivity contribution in [2.75, 3.05) is 6.61 Å². The van der Waals surface area contributed by atoms with Crippen LogP contribution in [0.4, 0.5) is 26.3 Å². The van der Waals surface area contributed by atoms with Crippen LogP contribution in [0.5, 0.6) is 0 Å². The molecular weight excluding hydrogens is 348 g/mol. The van der Waals surface area contributed by atoms with Gasteiger partial charge in [-0.3, -0.25) is 4.79 Å². The standard InChI is InChI=1S/C13H9F6NO2S/c1-2-22-11(21)5-9-7(6-20)3-8(12(14,15)16)4-10(9)23-13(17,18)19/h3-4H,2,5H2,1H3. The zero-order valence-electron chi connectivity index (χ0n) is 11.5. The smallest absolute Gasteiger partial charge is 0.446 e. The van der Waals surface area contributed by atoms with Crippen LogP contribution in [0.15, 0.2) is 17.0 Å². The maximum Gasteiger partial charge on any atom is 0.446 e. The predicted octanol–water partition coefficient (Wildman–Crippen LogP) is 4.29. The number of carbonyl (C=O) groups is 1. The van der Waals surface area contributed by atoms with Gasteiger partial charge in [0.25, 0.3) is 0 Å². The Morgan fingerprint density at radius 3 is 2.30 bits per heavy atom. The molecule has 3 nitrogen and oxygen atoms in total. The molecule has 0 aliphatic rings. The lowest BCUT2D eigenvalue weighted by molar-refractivity contribution is -0.142. The van der Waals surface area contributed by atoms with E-state index >= 15 is 0 Å². The first-order valence-corrected chi connectivity index (χ1v) is 6.85. The summed E-state index contributed by atoms with van der Waals surface area (Å²) in [6.07, 6.45) is -5.65. The summed E-state index contributed by atoms with van der Waals surface area (Å²) in [6.45, 7) is 1.41. The molecule has 23 heavy (non-hydrogen) atoms. The highest BCUT2D eigenvalue weighted by atomic mass is 32.2. The number of halogens is 6. The van der Waals surface area contributed by atoms with Gasteiger partial charge in [-0.05, 0) is 36.4 Å². The van der Waals surface area contributed by atoms with E-state index in [1.54, 1.807) is 0 Å². The average Bonchev–Trinajstić information content (AvgIpc) is 2.37. The Labute approximate surface area is 131 Å². The normalized spacial score (nSPS) is 11.9. The molecule has 0 radical (unpaired) electrons. The van der Waals surface area contributed by atoms with Gasteiger partial charge in [-0.1, -0.05) is 0 Å². The maximum atomic E-state index is 12.7. The van der Waals surface area contributed by atoms with Crippen LogP contribution in [0, 0.1) is 11.3 Å². The fourth-order valence-electron chi connectivity index (χ4n) is 1.66. The van der Waals surface area contributed by atoms with Gasteiger partial charge < -0.3 is 4.74 Å². The van der Waals surface area contributed by atoms with Crippen molar-refractivity contribution in [1.29, 1.82) is 5.26 Å². The fourth-order valence-corrected chi connectivity index (χ4v) is 2.40. The first-order chi connectivity index (χ1) is 10.5. The molecule has 0 N–H and O–H groups in total. The molecule has 0 heterocycles. The van der Waals surface area contributed by atoms with Crippen molar-refractivity contribution in [2.45, 2.75) is 29.9 Å². The van der Waals surface area contributed by atoms with E-state index in [1.165, 1.54) is 13.0 Å². The minimum Gasteiger partial charge on any atom is -0.466 e. The molecule has 1 rings (SSSR count). The summed E-state index contributed by atoms with van der Waals surface area (Å²) in [5.74, 6) is -0.937. The van der Waals surface area contributed by atoms with Gasteiger partial charge in [-0.25, -0.2) is 0 Å². The number of carbonyl (C=O) groups excluding carboxylic acids is 1. The highest BCUT2D eigenvalue weighted by Gasteiger charge is 2.36. The Kier molecular flexibility index (Phi) is 5.93. The molecule has 0 saturated carbocycles. The van der Waals surface area contributed by atoms with E-state index in [-0.39, 0.29) is 12.7 Å². The molecule has 0 spiro atoms. The molecule has 0 amide bonds. The summed E-state index contributed by atoms with van der Waals surface area (Å²) in [6, 6.07) is 2.08. The second-order valence-electron chi connectivity index (χ2n) is 4.14. The van der Waals surface area contributed by atoms with E-state index in [0.717, 1.165) is 0 Å². The highest BCUT2D eigenvalue weighted by molar-refractivity contribution is 8.00. The van der Waals surface area contributed by atoms with Gasteiger partial charge >= 0.3 is 17.7 Å². The zero-order chi connectivity index (χ0) is 17.8. The van der Waals surface area contributed by atoms with Crippen LogP contribution in [-0.4, -0.2) is 18.1 Å². The van der Waals surface area contributed by atoms with Crippen molar-refractivity contribution in [2.24, 2.45) is 0 Å². The van der Waals surface area contributed by atoms with Crippen LogP contribution in [0.25, 0.3) is 0 Å². The molecular formula is C13H9F6NO2S. The Bertz CT molecular complexity index is 633. The molecule has 0 fully saturated rings. The number of esters is 1. The number of alkyl halides is 6. The summed E-state index contributed by atoms with van der Waals surface area (Å²) in [4.78, 5) is 10.6. The van der Waals surface area contributed by atoms with E-state index in [9.17, 15) is 31.1 Å². The second-order valence-corrected chi connectivity index (χ2v) is 5.25. The molecule has 1 aromatic carbocycles. The van der Waals surface area contributed by atoms with Crippen molar-refractivity contribution in [1.82, 2.24) is 0 Å². The van der Waals surface area contributed by atoms with Gasteiger partial charge in [0, 0.05) is 4.90 Å². The molecule has 0 aromatic heterocycles. The third-order valence-electron chi connectivity index (χ3n) is 2.51. The lowest BCUT2D eigenvalue weighted by Gasteiger charge is -2.16. The van der Waals surface area contributed by atoms with Crippen molar-refractivity contribution in [3.8, 4) is 6.07 Å². The van der Waals surface area contributed by atoms with Crippen LogP contribution in [0.1, 0.15) is 23.6 Å². The van der Waals surface area contributed by atoms with E-state index in [1.807, 2.05) is 0 Å². The lowest BCUT2D eigenvalue weighted by atomic mass is 10.0. The van der Waals surface area contributed by atoms with Crippen molar-refractivity contribution >= 4 is 17.7 Å². The quantitative estimate of drug-likeness (QED) is 0.458. The van der Waals surface area contributed by atoms with Gasteiger partial charge in [0.1, 0.15) is 0 Å². The van der Waals surface area contributed by atoms with Gasteiger partial charge in [-0.2, -0.15) is 31.6 Å². The van der Waals surface area contributed by atoms with Crippen LogP contribution >= 0.6 is 11.8 Å². The molecule has 0 unspecified atom stereocenters. The highest BCUT2D eigenvalue weighted by Crippen LogP contribution is 2.42. The molecule has 1 aromatic rings. The van der Waals surface area contributed by atoms with Crippen LogP contribution in [0.3, 0.4) is 0 Å². The summed E-state index contributed by atoms with van der Waals surface area (Å²) in [7, 11) is 0. The Balaban J connectivity index is 3.45. The minimum atomic E-state index is -4.92. The number of hydrogen-bond acceptors (Lipinski definition) is 4. The fraction of sp³-hybridized carbons (Fsp3) is 0.385. The largest absolute Gasteiger partial charge is 0.466 e. The molecule has 0 aliphatic heterocycles. The van der Waals surface area contributed by atoms with Crippen LogP contribution < -0.4 is 0 Å². The minimum absolute atomic E-state index is 0.0525. The number of benzene rings is 1. The predicted molar refractivity (Wildman–Crippen MR) is 68.4 cm³/mol. The van der Waals surface area contributed by atoms with Gasteiger partial charge in [-0.15, -0.1) is 0 Å². The summed E-state index contributed by atoms with van der Waals surface area (Å²) >= 11 is -0.812.